The second-order valence-electron chi connectivity index (χ2n) is 19.9. The van der Waals surface area contributed by atoms with Gasteiger partial charge in [0.25, 0.3) is 0 Å². The molecular formula is C43H71NO11. The van der Waals surface area contributed by atoms with Crippen molar-refractivity contribution in [3.05, 3.63) is 0 Å². The van der Waals surface area contributed by atoms with Crippen LogP contribution in [0.4, 0.5) is 0 Å². The molecule has 4 fully saturated rings. The van der Waals surface area contributed by atoms with Gasteiger partial charge < -0.3 is 34.1 Å². The molecule has 12 nitrogen and oxygen atoms in total. The summed E-state index contributed by atoms with van der Waals surface area (Å²) in [5, 5.41) is 22.0. The van der Waals surface area contributed by atoms with Gasteiger partial charge in [0, 0.05) is 6.42 Å². The highest BCUT2D eigenvalue weighted by molar-refractivity contribution is 5.88. The first-order valence-electron chi connectivity index (χ1n) is 20.8. The van der Waals surface area contributed by atoms with Crippen LogP contribution in [0.3, 0.4) is 0 Å². The highest BCUT2D eigenvalue weighted by Crippen LogP contribution is 2.68. The molecule has 4 saturated carbocycles. The molecule has 4 aliphatic rings. The van der Waals surface area contributed by atoms with Crippen molar-refractivity contribution in [2.24, 2.45) is 46.3 Å². The molecule has 0 bridgehead atoms. The average molecular weight is 778 g/mol. The minimum atomic E-state index is -1.23. The Morgan fingerprint density at radius 3 is 1.76 bits per heavy atom. The highest BCUT2D eigenvalue weighted by Gasteiger charge is 2.62. The summed E-state index contributed by atoms with van der Waals surface area (Å²) < 4.78 is 21.2. The minimum Gasteiger partial charge on any atom is -0.457 e. The van der Waals surface area contributed by atoms with E-state index in [4.69, 9.17) is 18.9 Å². The van der Waals surface area contributed by atoms with Crippen molar-refractivity contribution in [1.82, 2.24) is 4.90 Å². The normalized spacial score (nSPS) is 33.4. The molecule has 0 heterocycles. The summed E-state index contributed by atoms with van der Waals surface area (Å²) in [7, 11) is 0. The zero-order chi connectivity index (χ0) is 41.3. The van der Waals surface area contributed by atoms with Crippen LogP contribution in [0.1, 0.15) is 147 Å². The van der Waals surface area contributed by atoms with Gasteiger partial charge >= 0.3 is 23.9 Å². The molecule has 0 aromatic carbocycles. The number of aliphatic hydroxyl groups excluding tert-OH is 2. The summed E-state index contributed by atoms with van der Waals surface area (Å²) in [6.45, 7) is 18.8. The van der Waals surface area contributed by atoms with Gasteiger partial charge in [-0.2, -0.15) is 0 Å². The SMILES string of the molecule is CC(OC(=O)CN(CC(=O)OC(C)C(=O)OC(C)(C)C)C(=O)CCC[C@@H](C)[C@H]1CC[C@H]2[C@@H]3[C@@H](O)C[C@@H]4C[C@H](O)CC[C@]4(C)[C@H]3CC[C@]12C)C(=O)OC(C)(C)C. The van der Waals surface area contributed by atoms with Crippen molar-refractivity contribution in [2.75, 3.05) is 13.1 Å². The molecule has 314 valence electrons. The van der Waals surface area contributed by atoms with E-state index in [1.54, 1.807) is 41.5 Å². The number of carbonyl (C=O) groups is 5. The third kappa shape index (κ3) is 11.0. The Kier molecular flexibility index (Phi) is 14.2. The fraction of sp³-hybridized carbons (Fsp3) is 0.884. The van der Waals surface area contributed by atoms with E-state index >= 15 is 0 Å². The first kappa shape index (κ1) is 45.0. The zero-order valence-corrected chi connectivity index (χ0v) is 35.5. The molecular weight excluding hydrogens is 706 g/mol. The lowest BCUT2D eigenvalue weighted by Crippen LogP contribution is -2.58. The number of fused-ring (bicyclic) bond motifs is 5. The fourth-order valence-electron chi connectivity index (χ4n) is 11.0. The number of hydrogen-bond donors (Lipinski definition) is 2. The van der Waals surface area contributed by atoms with Gasteiger partial charge in [0.1, 0.15) is 24.3 Å². The smallest absolute Gasteiger partial charge is 0.347 e. The Bertz CT molecular complexity index is 1350. The Morgan fingerprint density at radius 2 is 1.24 bits per heavy atom. The van der Waals surface area contributed by atoms with E-state index in [0.717, 1.165) is 62.7 Å². The van der Waals surface area contributed by atoms with Crippen molar-refractivity contribution < 1.29 is 53.1 Å². The molecule has 0 aliphatic heterocycles. The number of nitrogens with zero attached hydrogens (tertiary/aromatic N) is 1. The topological polar surface area (TPSA) is 166 Å². The molecule has 4 rings (SSSR count). The van der Waals surface area contributed by atoms with Crippen molar-refractivity contribution in [2.45, 2.75) is 182 Å². The molecule has 2 unspecified atom stereocenters. The van der Waals surface area contributed by atoms with Crippen LogP contribution in [-0.4, -0.2) is 93.6 Å². The third-order valence-electron chi connectivity index (χ3n) is 13.6. The van der Waals surface area contributed by atoms with Crippen LogP contribution < -0.4 is 0 Å². The van der Waals surface area contributed by atoms with Gasteiger partial charge in [-0.25, -0.2) is 9.59 Å². The quantitative estimate of drug-likeness (QED) is 0.163. The van der Waals surface area contributed by atoms with E-state index in [9.17, 15) is 34.2 Å². The molecule has 1 amide bonds. The second-order valence-corrected chi connectivity index (χ2v) is 19.9. The molecule has 0 spiro atoms. The molecule has 4 aliphatic carbocycles. The summed E-state index contributed by atoms with van der Waals surface area (Å²) in [6.07, 6.45) is 6.19. The zero-order valence-electron chi connectivity index (χ0n) is 35.5. The maximum Gasteiger partial charge on any atom is 0.347 e. The number of aliphatic hydroxyl groups is 2. The predicted octanol–water partition coefficient (Wildman–Crippen LogP) is 6.16. The summed E-state index contributed by atoms with van der Waals surface area (Å²) in [6, 6.07) is 0. The molecule has 0 aromatic heterocycles. The maximum absolute atomic E-state index is 13.7. The Balaban J connectivity index is 1.38. The van der Waals surface area contributed by atoms with Crippen LogP contribution in [0.25, 0.3) is 0 Å². The monoisotopic (exact) mass is 778 g/mol. The molecule has 0 radical (unpaired) electrons. The average Bonchev–Trinajstić information content (AvgIpc) is 3.40. The Labute approximate surface area is 329 Å². The lowest BCUT2D eigenvalue weighted by molar-refractivity contribution is -0.177. The number of ether oxygens (including phenoxy) is 4. The van der Waals surface area contributed by atoms with E-state index in [2.05, 4.69) is 20.8 Å². The minimum absolute atomic E-state index is 0.0794. The van der Waals surface area contributed by atoms with Gasteiger partial charge in [-0.3, -0.25) is 14.4 Å². The Hall–Kier alpha value is -2.73. The fourth-order valence-corrected chi connectivity index (χ4v) is 11.0. The van der Waals surface area contributed by atoms with E-state index in [-0.39, 0.29) is 35.4 Å². The largest absolute Gasteiger partial charge is 0.457 e. The van der Waals surface area contributed by atoms with Crippen molar-refractivity contribution in [1.29, 1.82) is 0 Å². The van der Waals surface area contributed by atoms with Gasteiger partial charge in [0.05, 0.1) is 12.2 Å². The van der Waals surface area contributed by atoms with Crippen LogP contribution in [0.5, 0.6) is 0 Å². The lowest BCUT2D eigenvalue weighted by atomic mass is 9.43. The van der Waals surface area contributed by atoms with Gasteiger partial charge in [-0.05, 0) is 166 Å². The van der Waals surface area contributed by atoms with Gasteiger partial charge in [-0.15, -0.1) is 0 Å². The second kappa shape index (κ2) is 17.4. The standard InChI is InChI=1S/C43H71NO11/c1-25(30-15-16-31-37-32(18-20-43(30,31)11)42(10)19-17-29(45)21-28(42)22-33(37)46)13-12-14-34(47)44(23-35(48)52-26(2)38(50)54-40(4,5)6)24-36(49)53-27(3)39(51)55-41(7,8)9/h25-33,37,45-46H,12-24H2,1-11H3/t25-,26?,27?,28+,29-,30-,31+,32+,33+,37+,42+,43-/m1/s1. The van der Waals surface area contributed by atoms with Gasteiger partial charge in [0.15, 0.2) is 12.2 Å². The predicted molar refractivity (Wildman–Crippen MR) is 205 cm³/mol. The van der Waals surface area contributed by atoms with Gasteiger partial charge in [0.2, 0.25) is 5.91 Å². The van der Waals surface area contributed by atoms with E-state index in [1.807, 2.05) is 0 Å². The number of rotatable bonds is 13. The van der Waals surface area contributed by atoms with E-state index < -0.39 is 66.3 Å². The molecule has 12 atom stereocenters. The first-order chi connectivity index (χ1) is 25.3. The van der Waals surface area contributed by atoms with Crippen molar-refractivity contribution in [3.8, 4) is 0 Å². The summed E-state index contributed by atoms with van der Waals surface area (Å²) in [5.74, 6) is -1.36. The highest BCUT2D eigenvalue weighted by atomic mass is 16.6. The number of esters is 4. The summed E-state index contributed by atoms with van der Waals surface area (Å²) in [5.41, 5.74) is -1.32. The molecule has 0 aromatic rings. The molecule has 2 N–H and O–H groups in total. The molecule has 55 heavy (non-hydrogen) atoms. The lowest BCUT2D eigenvalue weighted by Gasteiger charge is -2.62. The third-order valence-corrected chi connectivity index (χ3v) is 13.6. The van der Waals surface area contributed by atoms with Crippen molar-refractivity contribution in [3.63, 3.8) is 0 Å². The van der Waals surface area contributed by atoms with Crippen LogP contribution >= 0.6 is 0 Å². The number of carbonyl (C=O) groups excluding carboxylic acids is 5. The van der Waals surface area contributed by atoms with Crippen molar-refractivity contribution >= 4 is 29.8 Å². The molecule has 0 saturated heterocycles. The van der Waals surface area contributed by atoms with E-state index in [1.165, 1.54) is 13.8 Å². The first-order valence-corrected chi connectivity index (χ1v) is 20.8. The van der Waals surface area contributed by atoms with Gasteiger partial charge in [-0.1, -0.05) is 20.8 Å². The van der Waals surface area contributed by atoms with Crippen LogP contribution in [0.2, 0.25) is 0 Å². The number of hydrogen-bond acceptors (Lipinski definition) is 11. The maximum atomic E-state index is 13.7. The summed E-state index contributed by atoms with van der Waals surface area (Å²) >= 11 is 0. The van der Waals surface area contributed by atoms with Crippen LogP contribution in [0, 0.1) is 46.3 Å². The van der Waals surface area contributed by atoms with Crippen LogP contribution in [0.15, 0.2) is 0 Å². The number of amides is 1. The van der Waals surface area contributed by atoms with Crippen LogP contribution in [-0.2, 0) is 42.9 Å². The Morgan fingerprint density at radius 1 is 0.727 bits per heavy atom. The molecule has 12 heteroatoms. The summed E-state index contributed by atoms with van der Waals surface area (Å²) in [4.78, 5) is 65.6. The van der Waals surface area contributed by atoms with E-state index in [0.29, 0.717) is 36.0 Å².